The Bertz CT molecular complexity index is 1430. The van der Waals surface area contributed by atoms with Crippen molar-refractivity contribution in [3.05, 3.63) is 76.5 Å². The maximum atomic E-state index is 11.3. The largest absolute Gasteiger partial charge is 0.490 e. The van der Waals surface area contributed by atoms with Crippen molar-refractivity contribution in [1.29, 1.82) is 5.26 Å². The fourth-order valence-corrected chi connectivity index (χ4v) is 6.42. The molecule has 3 aliphatic carbocycles. The summed E-state index contributed by atoms with van der Waals surface area (Å²) < 4.78 is 12.2. The third-order valence-corrected chi connectivity index (χ3v) is 8.31. The number of aliphatic carboxylic acids is 1. The molecule has 0 amide bonds. The predicted octanol–water partition coefficient (Wildman–Crippen LogP) is 5.99. The van der Waals surface area contributed by atoms with Crippen molar-refractivity contribution >= 4 is 5.97 Å². The van der Waals surface area contributed by atoms with Crippen molar-refractivity contribution in [3.63, 3.8) is 0 Å². The zero-order valence-corrected chi connectivity index (χ0v) is 21.3. The van der Waals surface area contributed by atoms with Gasteiger partial charge in [-0.25, -0.2) is 4.98 Å². The van der Waals surface area contributed by atoms with Gasteiger partial charge in [-0.15, -0.1) is 0 Å². The van der Waals surface area contributed by atoms with Crippen LogP contribution in [-0.2, 0) is 17.8 Å². The average Bonchev–Trinajstić information content (AvgIpc) is 3.44. The van der Waals surface area contributed by atoms with Gasteiger partial charge < -0.3 is 14.6 Å². The molecule has 6 rings (SSSR count). The van der Waals surface area contributed by atoms with Crippen molar-refractivity contribution in [2.24, 2.45) is 17.3 Å². The Morgan fingerprint density at radius 2 is 1.95 bits per heavy atom. The van der Waals surface area contributed by atoms with Crippen molar-refractivity contribution in [3.8, 4) is 28.8 Å². The first-order valence-electron chi connectivity index (χ1n) is 12.9. The number of hydrogen-bond donors (Lipinski definition) is 1. The molecule has 1 aromatic heterocycles. The highest BCUT2D eigenvalue weighted by Crippen LogP contribution is 2.61. The molecule has 1 heterocycles. The summed E-state index contributed by atoms with van der Waals surface area (Å²) in [4.78, 5) is 15.8. The molecule has 188 valence electrons. The number of benzene rings is 2. The lowest BCUT2D eigenvalue weighted by atomic mass is 9.69. The lowest BCUT2D eigenvalue weighted by Gasteiger charge is -2.39. The number of ether oxygens (including phenoxy) is 2. The highest BCUT2D eigenvalue weighted by atomic mass is 16.5. The summed E-state index contributed by atoms with van der Waals surface area (Å²) in [5, 5.41) is 18.6. The first-order valence-corrected chi connectivity index (χ1v) is 12.9. The van der Waals surface area contributed by atoms with E-state index < -0.39 is 5.97 Å². The van der Waals surface area contributed by atoms with Gasteiger partial charge in [-0.2, -0.15) is 5.26 Å². The van der Waals surface area contributed by atoms with Crippen LogP contribution < -0.4 is 9.47 Å². The van der Waals surface area contributed by atoms with Crippen LogP contribution in [0.2, 0.25) is 0 Å². The topological polar surface area (TPSA) is 92.4 Å². The van der Waals surface area contributed by atoms with E-state index in [1.807, 2.05) is 19.1 Å². The molecule has 0 aliphatic heterocycles. The second-order valence-electron chi connectivity index (χ2n) is 11.2. The SMILES string of the molecule is Cc1cc(O[C@H]2C[C@@](C)(C#N)C2)cc(C)c1-c1cccc(COc2cc3c(cn2)[C@@H]2[C@@H](C3)[C@@H]2C(=O)O)c1. The average molecular weight is 495 g/mol. The van der Waals surface area contributed by atoms with E-state index in [1.54, 1.807) is 6.20 Å². The molecule has 6 heteroatoms. The standard InChI is InChI=1S/C31H30N2O4/c1-17-7-22(37-23-12-31(3,13-23)16-32)8-18(2)27(17)20-6-4-5-19(9-20)15-36-26-11-21-10-24-28(25(21)14-33-26)29(24)30(34)35/h4-9,11,14,23-24,28-29H,10,12-13,15H2,1-3H3,(H,34,35)/t23-,24-,28+,29+,31+/m1/s1. The monoisotopic (exact) mass is 494 g/mol. The van der Waals surface area contributed by atoms with E-state index in [2.05, 4.69) is 55.2 Å². The number of rotatable bonds is 7. The summed E-state index contributed by atoms with van der Waals surface area (Å²) in [6, 6.07) is 16.9. The quantitative estimate of drug-likeness (QED) is 0.434. The smallest absolute Gasteiger partial charge is 0.307 e. The Balaban J connectivity index is 1.13. The number of nitriles is 1. The van der Waals surface area contributed by atoms with E-state index in [9.17, 15) is 15.2 Å². The molecule has 1 N–H and O–H groups in total. The Kier molecular flexibility index (Phi) is 5.49. The summed E-state index contributed by atoms with van der Waals surface area (Å²) in [6.07, 6.45) is 4.24. The summed E-state index contributed by atoms with van der Waals surface area (Å²) >= 11 is 0. The maximum Gasteiger partial charge on any atom is 0.307 e. The van der Waals surface area contributed by atoms with Crippen LogP contribution in [0, 0.1) is 42.4 Å². The molecule has 0 radical (unpaired) electrons. The van der Waals surface area contributed by atoms with Crippen molar-refractivity contribution < 1.29 is 19.4 Å². The highest BCUT2D eigenvalue weighted by molar-refractivity contribution is 5.77. The second-order valence-corrected chi connectivity index (χ2v) is 11.2. The Labute approximate surface area is 216 Å². The molecule has 2 aromatic carbocycles. The number of aryl methyl sites for hydroxylation is 2. The normalized spacial score (nSPS) is 26.9. The lowest BCUT2D eigenvalue weighted by molar-refractivity contribution is -0.139. The molecule has 6 nitrogen and oxygen atoms in total. The molecule has 0 spiro atoms. The minimum Gasteiger partial charge on any atom is -0.490 e. The molecule has 3 aromatic rings. The van der Waals surface area contributed by atoms with Crippen molar-refractivity contribution in [2.75, 3.05) is 0 Å². The number of carboxylic acid groups (broad SMARTS) is 1. The van der Waals surface area contributed by atoms with Crippen LogP contribution in [0.25, 0.3) is 11.1 Å². The van der Waals surface area contributed by atoms with Crippen molar-refractivity contribution in [1.82, 2.24) is 4.98 Å². The number of carboxylic acids is 1. The molecule has 0 bridgehead atoms. The first kappa shape index (κ1) is 23.5. The van der Waals surface area contributed by atoms with Gasteiger partial charge in [0, 0.05) is 31.0 Å². The van der Waals surface area contributed by atoms with Crippen LogP contribution in [0.15, 0.2) is 48.7 Å². The van der Waals surface area contributed by atoms with Crippen LogP contribution in [-0.4, -0.2) is 22.2 Å². The molecule has 0 saturated heterocycles. The van der Waals surface area contributed by atoms with E-state index in [-0.39, 0.29) is 29.3 Å². The van der Waals surface area contributed by atoms with E-state index in [4.69, 9.17) is 9.47 Å². The summed E-state index contributed by atoms with van der Waals surface area (Å²) in [5.74, 6) is 0.841. The Hall–Kier alpha value is -3.85. The number of hydrogen-bond acceptors (Lipinski definition) is 5. The number of pyridine rings is 1. The van der Waals surface area contributed by atoms with Gasteiger partial charge >= 0.3 is 5.97 Å². The van der Waals surface area contributed by atoms with Crippen LogP contribution in [0.3, 0.4) is 0 Å². The molecular weight excluding hydrogens is 464 g/mol. The molecule has 2 saturated carbocycles. The first-order chi connectivity index (χ1) is 17.7. The van der Waals surface area contributed by atoms with Gasteiger partial charge in [0.25, 0.3) is 0 Å². The second kappa shape index (κ2) is 8.62. The molecule has 0 unspecified atom stereocenters. The fraction of sp³-hybridized carbons (Fsp3) is 0.387. The molecule has 3 atom stereocenters. The van der Waals surface area contributed by atoms with Gasteiger partial charge in [0.05, 0.1) is 17.4 Å². The van der Waals surface area contributed by atoms with Crippen LogP contribution >= 0.6 is 0 Å². The molecule has 2 fully saturated rings. The summed E-state index contributed by atoms with van der Waals surface area (Å²) in [5.41, 5.74) is 7.65. The van der Waals surface area contributed by atoms with Gasteiger partial charge in [-0.3, -0.25) is 4.79 Å². The third kappa shape index (κ3) is 4.23. The predicted molar refractivity (Wildman–Crippen MR) is 138 cm³/mol. The van der Waals surface area contributed by atoms with Crippen molar-refractivity contribution in [2.45, 2.75) is 58.7 Å². The van der Waals surface area contributed by atoms with E-state index in [1.165, 1.54) is 11.1 Å². The zero-order valence-electron chi connectivity index (χ0n) is 21.3. The van der Waals surface area contributed by atoms with Crippen LogP contribution in [0.1, 0.15) is 53.5 Å². The number of aromatic nitrogens is 1. The van der Waals surface area contributed by atoms with Gasteiger partial charge in [-0.1, -0.05) is 18.2 Å². The highest BCUT2D eigenvalue weighted by Gasteiger charge is 2.59. The number of nitrogens with zero attached hydrogens (tertiary/aromatic N) is 2. The molecule has 3 aliphatic rings. The Morgan fingerprint density at radius 1 is 1.19 bits per heavy atom. The van der Waals surface area contributed by atoms with E-state index in [0.29, 0.717) is 12.5 Å². The van der Waals surface area contributed by atoms with Crippen LogP contribution in [0.5, 0.6) is 11.6 Å². The van der Waals surface area contributed by atoms with Gasteiger partial charge in [-0.05, 0) is 90.3 Å². The van der Waals surface area contributed by atoms with E-state index >= 15 is 0 Å². The lowest BCUT2D eigenvalue weighted by Crippen LogP contribution is -2.41. The molecule has 37 heavy (non-hydrogen) atoms. The molecular formula is C31H30N2O4. The van der Waals surface area contributed by atoms with E-state index in [0.717, 1.165) is 52.8 Å². The van der Waals surface area contributed by atoms with Gasteiger partial charge in [0.15, 0.2) is 0 Å². The summed E-state index contributed by atoms with van der Waals surface area (Å²) in [7, 11) is 0. The fourth-order valence-electron chi connectivity index (χ4n) is 6.42. The van der Waals surface area contributed by atoms with Gasteiger partial charge in [0.2, 0.25) is 5.88 Å². The maximum absolute atomic E-state index is 11.3. The summed E-state index contributed by atoms with van der Waals surface area (Å²) in [6.45, 7) is 6.60. The zero-order chi connectivity index (χ0) is 25.9. The minimum atomic E-state index is -0.699. The van der Waals surface area contributed by atoms with Gasteiger partial charge in [0.1, 0.15) is 18.5 Å². The van der Waals surface area contributed by atoms with Crippen LogP contribution in [0.4, 0.5) is 0 Å². The minimum absolute atomic E-state index is 0.104. The number of fused-ring (bicyclic) bond motifs is 3. The third-order valence-electron chi connectivity index (χ3n) is 8.31. The Morgan fingerprint density at radius 3 is 2.65 bits per heavy atom. The number of carbonyl (C=O) groups is 1.